The average Bonchev–Trinajstić information content (AvgIpc) is 2.17. The van der Waals surface area contributed by atoms with Crippen molar-refractivity contribution >= 4 is 11.9 Å². The first-order valence-corrected chi connectivity index (χ1v) is 4.95. The Bertz CT molecular complexity index is 229. The average molecular weight is 214 g/mol. The number of hydrogen-bond acceptors (Lipinski definition) is 3. The number of carboxylic acid groups (broad SMARTS) is 1. The van der Waals surface area contributed by atoms with Crippen molar-refractivity contribution in [3.63, 3.8) is 0 Å². The predicted octanol–water partition coefficient (Wildman–Crippen LogP) is 0.131. The summed E-state index contributed by atoms with van der Waals surface area (Å²) in [6, 6.07) is -0.784. The van der Waals surface area contributed by atoms with Crippen LogP contribution in [0, 0.1) is 0 Å². The van der Waals surface area contributed by atoms with E-state index >= 15 is 0 Å². The maximum atomic E-state index is 11.2. The van der Waals surface area contributed by atoms with Crippen LogP contribution in [0.15, 0.2) is 12.7 Å². The van der Waals surface area contributed by atoms with Gasteiger partial charge in [-0.1, -0.05) is 19.4 Å². The summed E-state index contributed by atoms with van der Waals surface area (Å²) in [6.07, 6.45) is 2.80. The van der Waals surface area contributed by atoms with Gasteiger partial charge >= 0.3 is 5.97 Å². The Balaban J connectivity index is 3.88. The van der Waals surface area contributed by atoms with Crippen molar-refractivity contribution in [1.29, 1.82) is 0 Å². The Kier molecular flexibility index (Phi) is 7.27. The SMILES string of the molecule is C=CCNCC(=O)N[C@@H](CCC)C(=O)O. The molecule has 1 amide bonds. The van der Waals surface area contributed by atoms with Crippen LogP contribution in [0.5, 0.6) is 0 Å². The number of nitrogens with one attached hydrogen (secondary N) is 2. The standard InChI is InChI=1S/C10H18N2O3/c1-3-5-8(10(14)15)12-9(13)7-11-6-4-2/h4,8,11H,2-3,5-7H2,1H3,(H,12,13)(H,14,15)/t8-/m0/s1. The Morgan fingerprint density at radius 2 is 2.20 bits per heavy atom. The Morgan fingerprint density at radius 1 is 1.53 bits per heavy atom. The molecule has 0 aromatic heterocycles. The fraction of sp³-hybridized carbons (Fsp3) is 0.600. The van der Waals surface area contributed by atoms with E-state index in [1.54, 1.807) is 6.08 Å². The molecule has 5 heteroatoms. The van der Waals surface area contributed by atoms with E-state index in [-0.39, 0.29) is 12.5 Å². The van der Waals surface area contributed by atoms with Crippen molar-refractivity contribution in [2.45, 2.75) is 25.8 Å². The third kappa shape index (κ3) is 6.68. The van der Waals surface area contributed by atoms with E-state index < -0.39 is 12.0 Å². The lowest BCUT2D eigenvalue weighted by molar-refractivity contribution is -0.141. The summed E-state index contributed by atoms with van der Waals surface area (Å²) in [5, 5.41) is 14.0. The van der Waals surface area contributed by atoms with Crippen molar-refractivity contribution < 1.29 is 14.7 Å². The van der Waals surface area contributed by atoms with Gasteiger partial charge < -0.3 is 15.7 Å². The molecule has 0 aliphatic rings. The minimum absolute atomic E-state index is 0.111. The Morgan fingerprint density at radius 3 is 2.67 bits per heavy atom. The van der Waals surface area contributed by atoms with Crippen LogP contribution in [0.25, 0.3) is 0 Å². The van der Waals surface area contributed by atoms with Gasteiger partial charge in [0, 0.05) is 6.54 Å². The van der Waals surface area contributed by atoms with Crippen molar-refractivity contribution in [3.05, 3.63) is 12.7 Å². The lowest BCUT2D eigenvalue weighted by Gasteiger charge is -2.13. The number of carbonyl (C=O) groups excluding carboxylic acids is 1. The summed E-state index contributed by atoms with van der Waals surface area (Å²) in [6.45, 7) is 6.00. The van der Waals surface area contributed by atoms with Crippen LogP contribution in [0.3, 0.4) is 0 Å². The summed E-state index contributed by atoms with van der Waals surface area (Å²) in [5.74, 6) is -1.30. The van der Waals surface area contributed by atoms with Crippen LogP contribution in [0.2, 0.25) is 0 Å². The molecule has 0 unspecified atom stereocenters. The molecule has 0 radical (unpaired) electrons. The van der Waals surface area contributed by atoms with Gasteiger partial charge in [0.1, 0.15) is 6.04 Å². The van der Waals surface area contributed by atoms with Crippen LogP contribution >= 0.6 is 0 Å². The lowest BCUT2D eigenvalue weighted by atomic mass is 10.1. The van der Waals surface area contributed by atoms with Crippen molar-refractivity contribution in [1.82, 2.24) is 10.6 Å². The highest BCUT2D eigenvalue weighted by molar-refractivity contribution is 5.84. The molecule has 0 heterocycles. The van der Waals surface area contributed by atoms with Gasteiger partial charge in [0.25, 0.3) is 0 Å². The van der Waals surface area contributed by atoms with Gasteiger partial charge in [-0.15, -0.1) is 6.58 Å². The van der Waals surface area contributed by atoms with Crippen LogP contribution in [0.4, 0.5) is 0 Å². The van der Waals surface area contributed by atoms with Gasteiger partial charge in [-0.05, 0) is 6.42 Å². The highest BCUT2D eigenvalue weighted by Gasteiger charge is 2.17. The van der Waals surface area contributed by atoms with E-state index in [9.17, 15) is 9.59 Å². The molecule has 86 valence electrons. The molecule has 0 saturated heterocycles. The normalized spacial score (nSPS) is 11.8. The van der Waals surface area contributed by atoms with Crippen molar-refractivity contribution in [2.24, 2.45) is 0 Å². The second-order valence-corrected chi connectivity index (χ2v) is 3.17. The van der Waals surface area contributed by atoms with Crippen molar-refractivity contribution in [3.8, 4) is 0 Å². The van der Waals surface area contributed by atoms with Gasteiger partial charge in [-0.25, -0.2) is 4.79 Å². The number of amides is 1. The number of rotatable bonds is 8. The molecule has 0 aliphatic heterocycles. The molecule has 0 saturated carbocycles. The third-order valence-electron chi connectivity index (χ3n) is 1.78. The smallest absolute Gasteiger partial charge is 0.326 e. The molecule has 0 aromatic rings. The zero-order valence-corrected chi connectivity index (χ0v) is 8.95. The Labute approximate surface area is 89.6 Å². The molecule has 0 fully saturated rings. The molecule has 0 rings (SSSR count). The molecule has 0 aromatic carbocycles. The van der Waals surface area contributed by atoms with Gasteiger partial charge in [-0.3, -0.25) is 4.79 Å². The number of carboxylic acids is 1. The molecule has 0 spiro atoms. The van der Waals surface area contributed by atoms with Crippen LogP contribution < -0.4 is 10.6 Å². The maximum absolute atomic E-state index is 11.2. The second-order valence-electron chi connectivity index (χ2n) is 3.17. The van der Waals surface area contributed by atoms with Gasteiger partial charge in [0.15, 0.2) is 0 Å². The second kappa shape index (κ2) is 7.99. The molecule has 3 N–H and O–H groups in total. The fourth-order valence-corrected chi connectivity index (χ4v) is 1.08. The zero-order chi connectivity index (χ0) is 11.7. The lowest BCUT2D eigenvalue weighted by Crippen LogP contribution is -2.44. The molecule has 15 heavy (non-hydrogen) atoms. The number of aliphatic carboxylic acids is 1. The van der Waals surface area contributed by atoms with Gasteiger partial charge in [0.2, 0.25) is 5.91 Å². The summed E-state index contributed by atoms with van der Waals surface area (Å²) < 4.78 is 0. The van der Waals surface area contributed by atoms with Crippen LogP contribution in [-0.4, -0.2) is 36.1 Å². The Hall–Kier alpha value is -1.36. The monoisotopic (exact) mass is 214 g/mol. The summed E-state index contributed by atoms with van der Waals surface area (Å²) >= 11 is 0. The largest absolute Gasteiger partial charge is 0.480 e. The van der Waals surface area contributed by atoms with Gasteiger partial charge in [0.05, 0.1) is 6.54 Å². The summed E-state index contributed by atoms with van der Waals surface area (Å²) in [7, 11) is 0. The first kappa shape index (κ1) is 13.6. The summed E-state index contributed by atoms with van der Waals surface area (Å²) in [5.41, 5.74) is 0. The first-order chi connectivity index (χ1) is 7.11. The molecule has 5 nitrogen and oxygen atoms in total. The molecule has 0 bridgehead atoms. The van der Waals surface area contributed by atoms with E-state index in [0.29, 0.717) is 13.0 Å². The molecule has 1 atom stereocenters. The summed E-state index contributed by atoms with van der Waals surface area (Å²) in [4.78, 5) is 21.9. The van der Waals surface area contributed by atoms with E-state index in [0.717, 1.165) is 6.42 Å². The molecule has 0 aliphatic carbocycles. The van der Waals surface area contributed by atoms with E-state index in [1.165, 1.54) is 0 Å². The fourth-order valence-electron chi connectivity index (χ4n) is 1.08. The number of hydrogen-bond donors (Lipinski definition) is 3. The predicted molar refractivity (Wildman–Crippen MR) is 57.5 cm³/mol. The highest BCUT2D eigenvalue weighted by atomic mass is 16.4. The van der Waals surface area contributed by atoms with E-state index in [1.807, 2.05) is 6.92 Å². The van der Waals surface area contributed by atoms with Gasteiger partial charge in [-0.2, -0.15) is 0 Å². The number of carbonyl (C=O) groups is 2. The first-order valence-electron chi connectivity index (χ1n) is 4.95. The minimum Gasteiger partial charge on any atom is -0.480 e. The van der Waals surface area contributed by atoms with E-state index in [2.05, 4.69) is 17.2 Å². The van der Waals surface area contributed by atoms with E-state index in [4.69, 9.17) is 5.11 Å². The maximum Gasteiger partial charge on any atom is 0.326 e. The zero-order valence-electron chi connectivity index (χ0n) is 8.95. The molecular weight excluding hydrogens is 196 g/mol. The van der Waals surface area contributed by atoms with Crippen molar-refractivity contribution in [2.75, 3.05) is 13.1 Å². The topological polar surface area (TPSA) is 78.4 Å². The highest BCUT2D eigenvalue weighted by Crippen LogP contribution is 1.96. The molecular formula is C10H18N2O3. The van der Waals surface area contributed by atoms with Crippen LogP contribution in [-0.2, 0) is 9.59 Å². The quantitative estimate of drug-likeness (QED) is 0.396. The third-order valence-corrected chi connectivity index (χ3v) is 1.78. The van der Waals surface area contributed by atoms with Crippen LogP contribution in [0.1, 0.15) is 19.8 Å². The minimum atomic E-state index is -0.992.